The highest BCUT2D eigenvalue weighted by molar-refractivity contribution is 5.31. The maximum Gasteiger partial charge on any atom is -0.0231 e. The predicted octanol–water partition coefficient (Wildman–Crippen LogP) is 4.09. The number of rotatable bonds is 2. The van der Waals surface area contributed by atoms with Gasteiger partial charge in [0, 0.05) is 0 Å². The Hall–Kier alpha value is -0.520. The van der Waals surface area contributed by atoms with Crippen molar-refractivity contribution in [2.24, 2.45) is 5.92 Å². The summed E-state index contributed by atoms with van der Waals surface area (Å²) in [5.41, 5.74) is 4.72. The Morgan fingerprint density at radius 1 is 1.33 bits per heavy atom. The SMILES string of the molecule is CCC(C)C1=CC(C)=C(C)CC1. The fourth-order valence-electron chi connectivity index (χ4n) is 1.65. The molecule has 1 aliphatic rings. The van der Waals surface area contributed by atoms with Gasteiger partial charge in [-0.3, -0.25) is 0 Å². The summed E-state index contributed by atoms with van der Waals surface area (Å²) >= 11 is 0. The van der Waals surface area contributed by atoms with Gasteiger partial charge >= 0.3 is 0 Å². The van der Waals surface area contributed by atoms with Crippen molar-refractivity contribution in [2.75, 3.05) is 0 Å². The summed E-state index contributed by atoms with van der Waals surface area (Å²) in [4.78, 5) is 0. The van der Waals surface area contributed by atoms with Crippen LogP contribution in [0.2, 0.25) is 0 Å². The first-order valence-corrected chi connectivity index (χ1v) is 5.02. The third kappa shape index (κ3) is 2.00. The lowest BCUT2D eigenvalue weighted by molar-refractivity contribution is 0.614. The summed E-state index contributed by atoms with van der Waals surface area (Å²) in [5, 5.41) is 0. The van der Waals surface area contributed by atoms with E-state index >= 15 is 0 Å². The Balaban J connectivity index is 2.76. The first-order valence-electron chi connectivity index (χ1n) is 5.02. The summed E-state index contributed by atoms with van der Waals surface area (Å²) < 4.78 is 0. The van der Waals surface area contributed by atoms with Gasteiger partial charge in [0.05, 0.1) is 0 Å². The van der Waals surface area contributed by atoms with Gasteiger partial charge in [-0.25, -0.2) is 0 Å². The number of allylic oxidation sites excluding steroid dienone is 4. The van der Waals surface area contributed by atoms with Gasteiger partial charge in [0.2, 0.25) is 0 Å². The Bertz CT molecular complexity index is 218. The predicted molar refractivity (Wildman–Crippen MR) is 55.1 cm³/mol. The molecule has 1 aliphatic carbocycles. The summed E-state index contributed by atoms with van der Waals surface area (Å²) in [6.45, 7) is 9.09. The molecule has 0 aromatic rings. The minimum atomic E-state index is 0.785. The third-order valence-electron chi connectivity index (χ3n) is 3.11. The molecule has 0 heteroatoms. The highest BCUT2D eigenvalue weighted by atomic mass is 14.2. The maximum absolute atomic E-state index is 2.40. The Labute approximate surface area is 76.4 Å². The van der Waals surface area contributed by atoms with Gasteiger partial charge in [0.25, 0.3) is 0 Å². The first-order chi connectivity index (χ1) is 5.65. The molecule has 68 valence electrons. The van der Waals surface area contributed by atoms with Crippen LogP contribution in [0.25, 0.3) is 0 Å². The van der Waals surface area contributed by atoms with Gasteiger partial charge in [0.15, 0.2) is 0 Å². The smallest absolute Gasteiger partial charge is 0.0231 e. The topological polar surface area (TPSA) is 0 Å². The van der Waals surface area contributed by atoms with Crippen LogP contribution >= 0.6 is 0 Å². The summed E-state index contributed by atoms with van der Waals surface area (Å²) in [7, 11) is 0. The second kappa shape index (κ2) is 3.93. The Kier molecular flexibility index (Phi) is 3.13. The van der Waals surface area contributed by atoms with Crippen LogP contribution < -0.4 is 0 Å². The zero-order valence-electron chi connectivity index (χ0n) is 8.78. The second-order valence-corrected chi connectivity index (χ2v) is 3.99. The molecule has 1 unspecified atom stereocenters. The van der Waals surface area contributed by atoms with Crippen molar-refractivity contribution in [3.63, 3.8) is 0 Å². The van der Waals surface area contributed by atoms with Crippen molar-refractivity contribution in [1.82, 2.24) is 0 Å². The highest BCUT2D eigenvalue weighted by Crippen LogP contribution is 2.29. The lowest BCUT2D eigenvalue weighted by Gasteiger charge is -2.20. The number of hydrogen-bond acceptors (Lipinski definition) is 0. The van der Waals surface area contributed by atoms with Crippen LogP contribution in [0.15, 0.2) is 22.8 Å². The van der Waals surface area contributed by atoms with E-state index in [1.165, 1.54) is 24.8 Å². The van der Waals surface area contributed by atoms with Crippen LogP contribution in [0.4, 0.5) is 0 Å². The molecule has 0 bridgehead atoms. The molecule has 0 saturated heterocycles. The standard InChI is InChI=1S/C12H20/c1-5-9(2)12-7-6-10(3)11(4)8-12/h8-9H,5-7H2,1-4H3. The quantitative estimate of drug-likeness (QED) is 0.576. The minimum Gasteiger partial charge on any atom is -0.0701 e. The second-order valence-electron chi connectivity index (χ2n) is 3.99. The van der Waals surface area contributed by atoms with Gasteiger partial charge in [-0.15, -0.1) is 0 Å². The van der Waals surface area contributed by atoms with Crippen molar-refractivity contribution in [3.05, 3.63) is 22.8 Å². The monoisotopic (exact) mass is 164 g/mol. The highest BCUT2D eigenvalue weighted by Gasteiger charge is 2.11. The molecule has 1 rings (SSSR count). The van der Waals surface area contributed by atoms with Gasteiger partial charge < -0.3 is 0 Å². The van der Waals surface area contributed by atoms with Crippen LogP contribution in [0.3, 0.4) is 0 Å². The van der Waals surface area contributed by atoms with E-state index in [0.717, 1.165) is 5.92 Å². The zero-order valence-corrected chi connectivity index (χ0v) is 8.78. The molecular formula is C12H20. The molecule has 0 amide bonds. The molecular weight excluding hydrogens is 144 g/mol. The summed E-state index contributed by atoms with van der Waals surface area (Å²) in [6, 6.07) is 0. The molecule has 0 spiro atoms. The van der Waals surface area contributed by atoms with E-state index in [9.17, 15) is 0 Å². The van der Waals surface area contributed by atoms with Crippen LogP contribution in [0, 0.1) is 5.92 Å². The van der Waals surface area contributed by atoms with E-state index in [-0.39, 0.29) is 0 Å². The molecule has 0 radical (unpaired) electrons. The van der Waals surface area contributed by atoms with Crippen molar-refractivity contribution >= 4 is 0 Å². The molecule has 1 atom stereocenters. The summed E-state index contributed by atoms with van der Waals surface area (Å²) in [6.07, 6.45) is 6.24. The lowest BCUT2D eigenvalue weighted by atomic mass is 9.86. The lowest BCUT2D eigenvalue weighted by Crippen LogP contribution is -2.03. The molecule has 0 N–H and O–H groups in total. The van der Waals surface area contributed by atoms with Crippen LogP contribution in [0.1, 0.15) is 47.0 Å². The van der Waals surface area contributed by atoms with Crippen LogP contribution in [-0.4, -0.2) is 0 Å². The molecule has 0 nitrogen and oxygen atoms in total. The molecule has 0 aliphatic heterocycles. The van der Waals surface area contributed by atoms with Crippen molar-refractivity contribution in [3.8, 4) is 0 Å². The molecule has 0 fully saturated rings. The van der Waals surface area contributed by atoms with E-state index in [1.54, 1.807) is 11.1 Å². The molecule has 0 aromatic heterocycles. The minimum absolute atomic E-state index is 0.785. The van der Waals surface area contributed by atoms with E-state index < -0.39 is 0 Å². The van der Waals surface area contributed by atoms with Gasteiger partial charge in [0.1, 0.15) is 0 Å². The molecule has 0 saturated carbocycles. The average Bonchev–Trinajstić information content (AvgIpc) is 2.08. The normalized spacial score (nSPS) is 20.8. The summed E-state index contributed by atoms with van der Waals surface area (Å²) in [5.74, 6) is 0.785. The fraction of sp³-hybridized carbons (Fsp3) is 0.667. The zero-order chi connectivity index (χ0) is 9.14. The Morgan fingerprint density at radius 2 is 2.00 bits per heavy atom. The Morgan fingerprint density at radius 3 is 2.50 bits per heavy atom. The van der Waals surface area contributed by atoms with Gasteiger partial charge in [-0.1, -0.05) is 36.6 Å². The van der Waals surface area contributed by atoms with Crippen molar-refractivity contribution in [1.29, 1.82) is 0 Å². The van der Waals surface area contributed by atoms with E-state index in [0.29, 0.717) is 0 Å². The van der Waals surface area contributed by atoms with E-state index in [1.807, 2.05) is 0 Å². The largest absolute Gasteiger partial charge is 0.0701 e. The maximum atomic E-state index is 2.40. The van der Waals surface area contributed by atoms with Crippen molar-refractivity contribution in [2.45, 2.75) is 47.0 Å². The van der Waals surface area contributed by atoms with Crippen LogP contribution in [0.5, 0.6) is 0 Å². The molecule has 0 aromatic carbocycles. The van der Waals surface area contributed by atoms with E-state index in [4.69, 9.17) is 0 Å². The average molecular weight is 164 g/mol. The van der Waals surface area contributed by atoms with Gasteiger partial charge in [-0.2, -0.15) is 0 Å². The fourth-order valence-corrected chi connectivity index (χ4v) is 1.65. The van der Waals surface area contributed by atoms with Crippen LogP contribution in [-0.2, 0) is 0 Å². The first kappa shape index (κ1) is 9.57. The van der Waals surface area contributed by atoms with E-state index in [2.05, 4.69) is 33.8 Å². The van der Waals surface area contributed by atoms with Crippen molar-refractivity contribution < 1.29 is 0 Å². The third-order valence-corrected chi connectivity index (χ3v) is 3.11. The molecule has 12 heavy (non-hydrogen) atoms. The molecule has 0 heterocycles. The number of hydrogen-bond donors (Lipinski definition) is 0. The van der Waals surface area contributed by atoms with Gasteiger partial charge in [-0.05, 0) is 39.0 Å².